The van der Waals surface area contributed by atoms with Crippen LogP contribution in [0.3, 0.4) is 0 Å². The van der Waals surface area contributed by atoms with E-state index in [1.165, 1.54) is 0 Å². The van der Waals surface area contributed by atoms with Gasteiger partial charge in [-0.15, -0.1) is 0 Å². The van der Waals surface area contributed by atoms with Crippen molar-refractivity contribution in [1.82, 2.24) is 0 Å². The monoisotopic (exact) mass is 181 g/mol. The normalized spacial score (nSPS) is 38.2. The van der Waals surface area contributed by atoms with Crippen LogP contribution >= 0.6 is 0 Å². The van der Waals surface area contributed by atoms with Crippen LogP contribution in [0.2, 0.25) is 0 Å². The Morgan fingerprint density at radius 2 is 2.00 bits per heavy atom. The van der Waals surface area contributed by atoms with Gasteiger partial charge in [0.05, 0.1) is 5.92 Å². The molecule has 0 heterocycles. The molecule has 0 aliphatic heterocycles. The highest BCUT2D eigenvalue weighted by Crippen LogP contribution is 2.40. The molecule has 1 aliphatic rings. The first-order valence-corrected chi connectivity index (χ1v) is 4.17. The summed E-state index contributed by atoms with van der Waals surface area (Å²) in [5, 5.41) is 0. The van der Waals surface area contributed by atoms with Crippen LogP contribution in [-0.4, -0.2) is 11.7 Å². The largest absolute Gasteiger partial charge is 0.391 e. The van der Waals surface area contributed by atoms with E-state index in [0.29, 0.717) is 12.8 Å². The molecule has 1 rings (SSSR count). The van der Waals surface area contributed by atoms with E-state index in [1.807, 2.05) is 0 Å². The lowest BCUT2D eigenvalue weighted by atomic mass is 9.77. The molecule has 1 saturated carbocycles. The highest BCUT2D eigenvalue weighted by atomic mass is 19.4. The summed E-state index contributed by atoms with van der Waals surface area (Å²) in [5.41, 5.74) is 5.05. The number of alkyl halides is 3. The minimum atomic E-state index is -4.05. The van der Waals surface area contributed by atoms with E-state index in [4.69, 9.17) is 5.73 Å². The molecule has 0 radical (unpaired) electrons. The van der Waals surface area contributed by atoms with Crippen molar-refractivity contribution in [3.63, 3.8) is 0 Å². The van der Waals surface area contributed by atoms with Gasteiger partial charge < -0.3 is 5.73 Å². The van der Waals surface area contributed by atoms with Crippen LogP contribution in [0, 0.1) is 5.92 Å². The molecule has 0 aromatic carbocycles. The number of nitrogens with two attached hydrogens (primary N) is 1. The molecular weight excluding hydrogens is 167 g/mol. The Morgan fingerprint density at radius 3 is 2.33 bits per heavy atom. The van der Waals surface area contributed by atoms with Crippen LogP contribution in [0.25, 0.3) is 0 Å². The van der Waals surface area contributed by atoms with Crippen LogP contribution in [0.1, 0.15) is 32.6 Å². The molecule has 0 saturated heterocycles. The molecule has 1 aliphatic carbocycles. The highest BCUT2D eigenvalue weighted by molar-refractivity contribution is 4.88. The Balaban J connectivity index is 2.58. The second kappa shape index (κ2) is 2.91. The van der Waals surface area contributed by atoms with Crippen molar-refractivity contribution in [3.05, 3.63) is 0 Å². The molecule has 1 nitrogen and oxygen atoms in total. The molecule has 0 bridgehead atoms. The molecule has 0 spiro atoms. The summed E-state index contributed by atoms with van der Waals surface area (Å²) in [6, 6.07) is 0. The average molecular weight is 181 g/mol. The van der Waals surface area contributed by atoms with Crippen molar-refractivity contribution in [2.24, 2.45) is 11.7 Å². The van der Waals surface area contributed by atoms with Crippen LogP contribution in [0.4, 0.5) is 13.2 Å². The molecule has 12 heavy (non-hydrogen) atoms. The molecule has 0 amide bonds. The average Bonchev–Trinajstić information content (AvgIpc) is 1.83. The lowest BCUT2D eigenvalue weighted by Crippen LogP contribution is -2.44. The maximum Gasteiger partial charge on any atom is 0.391 e. The molecule has 4 heteroatoms. The van der Waals surface area contributed by atoms with Gasteiger partial charge in [0.15, 0.2) is 0 Å². The summed E-state index contributed by atoms with van der Waals surface area (Å²) in [6.45, 7) is 1.70. The van der Waals surface area contributed by atoms with Crippen LogP contribution in [-0.2, 0) is 0 Å². The Morgan fingerprint density at radius 1 is 1.42 bits per heavy atom. The Kier molecular flexibility index (Phi) is 2.38. The van der Waals surface area contributed by atoms with Gasteiger partial charge in [0.25, 0.3) is 0 Å². The topological polar surface area (TPSA) is 26.0 Å². The molecule has 72 valence electrons. The fourth-order valence-electron chi connectivity index (χ4n) is 1.80. The van der Waals surface area contributed by atoms with Gasteiger partial charge in [0, 0.05) is 5.54 Å². The lowest BCUT2D eigenvalue weighted by Gasteiger charge is -2.35. The summed E-state index contributed by atoms with van der Waals surface area (Å²) in [7, 11) is 0. The van der Waals surface area contributed by atoms with Crippen molar-refractivity contribution in [2.75, 3.05) is 0 Å². The van der Waals surface area contributed by atoms with Crippen molar-refractivity contribution in [3.8, 4) is 0 Å². The third kappa shape index (κ3) is 2.37. The highest BCUT2D eigenvalue weighted by Gasteiger charge is 2.44. The van der Waals surface area contributed by atoms with E-state index in [9.17, 15) is 13.2 Å². The van der Waals surface area contributed by atoms with Gasteiger partial charge in [0.1, 0.15) is 0 Å². The molecule has 0 aromatic rings. The number of hydrogen-bond donors (Lipinski definition) is 1. The number of hydrogen-bond acceptors (Lipinski definition) is 1. The maximum atomic E-state index is 12.2. The third-order valence-corrected chi connectivity index (χ3v) is 2.48. The van der Waals surface area contributed by atoms with Crippen molar-refractivity contribution in [1.29, 1.82) is 0 Å². The zero-order valence-electron chi connectivity index (χ0n) is 7.12. The summed E-state index contributed by atoms with van der Waals surface area (Å²) in [6.07, 6.45) is -2.43. The second-order valence-corrected chi connectivity index (χ2v) is 3.99. The zero-order valence-corrected chi connectivity index (χ0v) is 7.12. The van der Waals surface area contributed by atoms with Crippen molar-refractivity contribution < 1.29 is 13.2 Å². The molecule has 2 atom stereocenters. The first-order chi connectivity index (χ1) is 5.31. The predicted molar refractivity (Wildman–Crippen MR) is 40.6 cm³/mol. The van der Waals surface area contributed by atoms with E-state index in [2.05, 4.69) is 0 Å². The molecule has 0 aromatic heterocycles. The van der Waals surface area contributed by atoms with E-state index in [-0.39, 0.29) is 12.8 Å². The number of rotatable bonds is 0. The minimum Gasteiger partial charge on any atom is -0.325 e. The van der Waals surface area contributed by atoms with E-state index >= 15 is 0 Å². The molecule has 2 N–H and O–H groups in total. The second-order valence-electron chi connectivity index (χ2n) is 3.99. The first-order valence-electron chi connectivity index (χ1n) is 4.17. The lowest BCUT2D eigenvalue weighted by molar-refractivity contribution is -0.186. The van der Waals surface area contributed by atoms with Crippen LogP contribution < -0.4 is 5.73 Å². The Labute approximate surface area is 70.1 Å². The summed E-state index contributed by atoms with van der Waals surface area (Å²) in [5.74, 6) is -1.18. The zero-order chi connectivity index (χ0) is 9.41. The number of halogens is 3. The summed E-state index contributed by atoms with van der Waals surface area (Å²) in [4.78, 5) is 0. The minimum absolute atomic E-state index is 0.0799. The fourth-order valence-corrected chi connectivity index (χ4v) is 1.80. The molecular formula is C8H14F3N. The van der Waals surface area contributed by atoms with Gasteiger partial charge in [-0.05, 0) is 26.2 Å². The van der Waals surface area contributed by atoms with Crippen molar-refractivity contribution >= 4 is 0 Å². The predicted octanol–water partition coefficient (Wildman–Crippen LogP) is 2.46. The molecule has 1 fully saturated rings. The SMILES string of the molecule is CC1(N)CCCC(C(F)(F)F)C1. The van der Waals surface area contributed by atoms with Crippen LogP contribution in [0.15, 0.2) is 0 Å². The van der Waals surface area contributed by atoms with Gasteiger partial charge in [-0.2, -0.15) is 13.2 Å². The maximum absolute atomic E-state index is 12.2. The quantitative estimate of drug-likeness (QED) is 0.610. The summed E-state index contributed by atoms with van der Waals surface area (Å²) >= 11 is 0. The van der Waals surface area contributed by atoms with E-state index < -0.39 is 17.6 Å². The van der Waals surface area contributed by atoms with E-state index in [1.54, 1.807) is 6.92 Å². The van der Waals surface area contributed by atoms with Crippen LogP contribution in [0.5, 0.6) is 0 Å². The van der Waals surface area contributed by atoms with E-state index in [0.717, 1.165) is 0 Å². The fraction of sp³-hybridized carbons (Fsp3) is 1.00. The first kappa shape index (κ1) is 9.84. The smallest absolute Gasteiger partial charge is 0.325 e. The summed E-state index contributed by atoms with van der Waals surface area (Å²) < 4.78 is 36.7. The third-order valence-electron chi connectivity index (χ3n) is 2.48. The van der Waals surface area contributed by atoms with Gasteiger partial charge in [-0.25, -0.2) is 0 Å². The van der Waals surface area contributed by atoms with Crippen molar-refractivity contribution in [2.45, 2.75) is 44.3 Å². The Hall–Kier alpha value is -0.250. The van der Waals surface area contributed by atoms with Gasteiger partial charge in [-0.3, -0.25) is 0 Å². The molecule has 2 unspecified atom stereocenters. The van der Waals surface area contributed by atoms with Gasteiger partial charge in [0.2, 0.25) is 0 Å². The van der Waals surface area contributed by atoms with Gasteiger partial charge >= 0.3 is 6.18 Å². The standard InChI is InChI=1S/C8H14F3N/c1-7(12)4-2-3-6(5-7)8(9,10)11/h6H,2-5,12H2,1H3. The Bertz CT molecular complexity index is 159. The van der Waals surface area contributed by atoms with Gasteiger partial charge in [-0.1, -0.05) is 6.42 Å².